The van der Waals surface area contributed by atoms with Crippen LogP contribution in [0, 0.1) is 0 Å². The summed E-state index contributed by atoms with van der Waals surface area (Å²) in [6.07, 6.45) is 0.806. The molecule has 148 valence electrons. The number of benzene rings is 3. The minimum Gasteiger partial charge on any atom is -0.493 e. The van der Waals surface area contributed by atoms with E-state index in [-0.39, 0.29) is 6.61 Å². The van der Waals surface area contributed by atoms with Crippen LogP contribution in [0.5, 0.6) is 11.5 Å². The largest absolute Gasteiger partial charge is 0.493 e. The maximum absolute atomic E-state index is 12.1. The van der Waals surface area contributed by atoms with Crippen molar-refractivity contribution in [2.45, 2.75) is 6.42 Å². The Kier molecular flexibility index (Phi) is 7.23. The number of hydrazine groups is 1. The van der Waals surface area contributed by atoms with E-state index in [2.05, 4.69) is 23.0 Å². The maximum Gasteiger partial charge on any atom is 0.276 e. The predicted octanol–water partition coefficient (Wildman–Crippen LogP) is 3.15. The average Bonchev–Trinajstić information content (AvgIpc) is 2.78. The number of nitrogens with one attached hydrogen (secondary N) is 2. The Morgan fingerprint density at radius 1 is 0.690 bits per heavy atom. The van der Waals surface area contributed by atoms with Gasteiger partial charge in [0, 0.05) is 12.0 Å². The molecule has 0 bridgehead atoms. The van der Waals surface area contributed by atoms with Gasteiger partial charge in [0.25, 0.3) is 11.8 Å². The van der Waals surface area contributed by atoms with E-state index in [1.807, 2.05) is 36.4 Å². The Bertz CT molecular complexity index is 913. The molecule has 0 unspecified atom stereocenters. The van der Waals surface area contributed by atoms with Crippen LogP contribution >= 0.6 is 0 Å². The monoisotopic (exact) mass is 390 g/mol. The summed E-state index contributed by atoms with van der Waals surface area (Å²) < 4.78 is 11.0. The summed E-state index contributed by atoms with van der Waals surface area (Å²) in [5.41, 5.74) is 6.29. The molecule has 0 spiro atoms. The molecule has 0 atom stereocenters. The van der Waals surface area contributed by atoms with Crippen LogP contribution in [0.1, 0.15) is 15.9 Å². The number of carbonyl (C=O) groups excluding carboxylic acids is 2. The molecule has 29 heavy (non-hydrogen) atoms. The minimum atomic E-state index is -0.455. The SMILES string of the molecule is O=C(COc1ccccc1)NNC(=O)c1ccc(OCCc2ccccc2)cc1. The lowest BCUT2D eigenvalue weighted by atomic mass is 10.2. The Hall–Kier alpha value is -3.80. The highest BCUT2D eigenvalue weighted by molar-refractivity contribution is 5.95. The van der Waals surface area contributed by atoms with Crippen molar-refractivity contribution in [3.8, 4) is 11.5 Å². The van der Waals surface area contributed by atoms with Gasteiger partial charge >= 0.3 is 0 Å². The molecule has 2 N–H and O–H groups in total. The summed E-state index contributed by atoms with van der Waals surface area (Å²) in [7, 11) is 0. The van der Waals surface area contributed by atoms with Gasteiger partial charge in [0.05, 0.1) is 6.61 Å². The second-order valence-corrected chi connectivity index (χ2v) is 6.21. The smallest absolute Gasteiger partial charge is 0.276 e. The topological polar surface area (TPSA) is 76.7 Å². The van der Waals surface area contributed by atoms with Crippen LogP contribution in [0.4, 0.5) is 0 Å². The second kappa shape index (κ2) is 10.5. The van der Waals surface area contributed by atoms with Crippen molar-refractivity contribution in [2.24, 2.45) is 0 Å². The molecular weight excluding hydrogens is 368 g/mol. The number of carbonyl (C=O) groups is 2. The number of para-hydroxylation sites is 1. The molecule has 6 nitrogen and oxygen atoms in total. The van der Waals surface area contributed by atoms with Gasteiger partial charge < -0.3 is 9.47 Å². The fourth-order valence-electron chi connectivity index (χ4n) is 2.53. The summed E-state index contributed by atoms with van der Waals surface area (Å²) in [6, 6.07) is 25.8. The van der Waals surface area contributed by atoms with Crippen molar-refractivity contribution in [1.29, 1.82) is 0 Å². The zero-order valence-electron chi connectivity index (χ0n) is 15.8. The lowest BCUT2D eigenvalue weighted by Gasteiger charge is -2.10. The molecule has 2 amide bonds. The number of ether oxygens (including phenoxy) is 2. The van der Waals surface area contributed by atoms with Crippen molar-refractivity contribution >= 4 is 11.8 Å². The molecule has 6 heteroatoms. The second-order valence-electron chi connectivity index (χ2n) is 6.21. The summed E-state index contributed by atoms with van der Waals surface area (Å²) in [5, 5.41) is 0. The molecule has 0 aliphatic carbocycles. The van der Waals surface area contributed by atoms with Crippen LogP contribution in [0.3, 0.4) is 0 Å². The van der Waals surface area contributed by atoms with Gasteiger partial charge in [-0.2, -0.15) is 0 Å². The first-order valence-electron chi connectivity index (χ1n) is 9.24. The van der Waals surface area contributed by atoms with E-state index in [4.69, 9.17) is 9.47 Å². The number of amides is 2. The van der Waals surface area contributed by atoms with Crippen LogP contribution in [-0.2, 0) is 11.2 Å². The van der Waals surface area contributed by atoms with E-state index in [0.717, 1.165) is 6.42 Å². The first kappa shape index (κ1) is 19.9. The highest BCUT2D eigenvalue weighted by atomic mass is 16.5. The normalized spacial score (nSPS) is 10.1. The average molecular weight is 390 g/mol. The third kappa shape index (κ3) is 6.70. The van der Waals surface area contributed by atoms with E-state index < -0.39 is 11.8 Å². The highest BCUT2D eigenvalue weighted by Crippen LogP contribution is 2.13. The van der Waals surface area contributed by atoms with Crippen molar-refractivity contribution in [2.75, 3.05) is 13.2 Å². The van der Waals surface area contributed by atoms with E-state index in [1.54, 1.807) is 36.4 Å². The standard InChI is InChI=1S/C23H22N2O4/c26-22(17-29-20-9-5-2-6-10-20)24-25-23(27)19-11-13-21(14-12-19)28-16-15-18-7-3-1-4-8-18/h1-14H,15-17H2,(H,24,26)(H,25,27). The fourth-order valence-corrected chi connectivity index (χ4v) is 2.53. The molecule has 0 heterocycles. The number of rotatable bonds is 8. The molecule has 3 aromatic rings. The highest BCUT2D eigenvalue weighted by Gasteiger charge is 2.08. The van der Waals surface area contributed by atoms with Crippen LogP contribution in [0.15, 0.2) is 84.9 Å². The summed E-state index contributed by atoms with van der Waals surface area (Å²) in [5.74, 6) is 0.381. The summed E-state index contributed by atoms with van der Waals surface area (Å²) >= 11 is 0. The molecule has 0 aliphatic heterocycles. The van der Waals surface area contributed by atoms with Crippen molar-refractivity contribution in [3.63, 3.8) is 0 Å². The Balaban J connectivity index is 1.38. The number of hydrogen-bond acceptors (Lipinski definition) is 4. The Morgan fingerprint density at radius 3 is 2.00 bits per heavy atom. The lowest BCUT2D eigenvalue weighted by Crippen LogP contribution is -2.43. The first-order chi connectivity index (χ1) is 14.2. The molecule has 0 saturated carbocycles. The Morgan fingerprint density at radius 2 is 1.31 bits per heavy atom. The molecule has 3 aromatic carbocycles. The molecule has 0 aromatic heterocycles. The van der Waals surface area contributed by atoms with Gasteiger partial charge in [-0.25, -0.2) is 0 Å². The quantitative estimate of drug-likeness (QED) is 0.580. The van der Waals surface area contributed by atoms with Gasteiger partial charge in [0.1, 0.15) is 11.5 Å². The fraction of sp³-hybridized carbons (Fsp3) is 0.130. The summed E-state index contributed by atoms with van der Waals surface area (Å²) in [6.45, 7) is 0.353. The van der Waals surface area contributed by atoms with Gasteiger partial charge in [-0.3, -0.25) is 20.4 Å². The van der Waals surface area contributed by atoms with Crippen LogP contribution < -0.4 is 20.3 Å². The van der Waals surface area contributed by atoms with Crippen LogP contribution in [0.25, 0.3) is 0 Å². The molecule has 0 saturated heterocycles. The molecule has 0 fully saturated rings. The van der Waals surface area contributed by atoms with Crippen LogP contribution in [-0.4, -0.2) is 25.0 Å². The van der Waals surface area contributed by atoms with Gasteiger partial charge in [-0.05, 0) is 42.0 Å². The molecule has 0 radical (unpaired) electrons. The first-order valence-corrected chi connectivity index (χ1v) is 9.24. The predicted molar refractivity (Wildman–Crippen MR) is 110 cm³/mol. The maximum atomic E-state index is 12.1. The molecular formula is C23H22N2O4. The van der Waals surface area contributed by atoms with Gasteiger partial charge in [-0.1, -0.05) is 48.5 Å². The van der Waals surface area contributed by atoms with E-state index in [1.165, 1.54) is 5.56 Å². The van der Waals surface area contributed by atoms with Crippen molar-refractivity contribution in [1.82, 2.24) is 10.9 Å². The third-order valence-corrected chi connectivity index (χ3v) is 4.05. The van der Waals surface area contributed by atoms with Gasteiger partial charge in [-0.15, -0.1) is 0 Å². The van der Waals surface area contributed by atoms with E-state index in [0.29, 0.717) is 23.7 Å². The minimum absolute atomic E-state index is 0.196. The van der Waals surface area contributed by atoms with Gasteiger partial charge in [0.2, 0.25) is 0 Å². The summed E-state index contributed by atoms with van der Waals surface area (Å²) in [4.78, 5) is 23.9. The lowest BCUT2D eigenvalue weighted by molar-refractivity contribution is -0.123. The zero-order valence-corrected chi connectivity index (χ0v) is 15.8. The molecule has 3 rings (SSSR count). The zero-order chi connectivity index (χ0) is 20.3. The Labute approximate surface area is 169 Å². The van der Waals surface area contributed by atoms with Gasteiger partial charge in [0.15, 0.2) is 6.61 Å². The third-order valence-electron chi connectivity index (χ3n) is 4.05. The van der Waals surface area contributed by atoms with E-state index in [9.17, 15) is 9.59 Å². The van der Waals surface area contributed by atoms with Crippen LogP contribution in [0.2, 0.25) is 0 Å². The van der Waals surface area contributed by atoms with Crippen molar-refractivity contribution < 1.29 is 19.1 Å². The van der Waals surface area contributed by atoms with Crippen molar-refractivity contribution in [3.05, 3.63) is 96.1 Å². The van der Waals surface area contributed by atoms with E-state index >= 15 is 0 Å². The molecule has 0 aliphatic rings. The number of hydrogen-bond donors (Lipinski definition) is 2.